The molecule has 2 heterocycles. The molecule has 1 atom stereocenters. The minimum atomic E-state index is -3.70. The first-order chi connectivity index (χ1) is 16.2. The first-order valence-electron chi connectivity index (χ1n) is 11.7. The smallest absolute Gasteiger partial charge is 0.265 e. The number of carbonyl (C=O) groups excluding carboxylic acids is 1. The molecule has 0 radical (unpaired) electrons. The van der Waals surface area contributed by atoms with Crippen molar-refractivity contribution in [3.63, 3.8) is 0 Å². The van der Waals surface area contributed by atoms with Gasteiger partial charge in [-0.1, -0.05) is 26.0 Å². The van der Waals surface area contributed by atoms with Gasteiger partial charge in [0.15, 0.2) is 0 Å². The molecule has 2 aliphatic heterocycles. The maximum absolute atomic E-state index is 15.0. The fraction of sp³-hybridized carbons (Fsp3) is 0.480. The highest BCUT2D eigenvalue weighted by molar-refractivity contribution is 7.91. The van der Waals surface area contributed by atoms with E-state index in [1.165, 1.54) is 12.1 Å². The van der Waals surface area contributed by atoms with Gasteiger partial charge in [0, 0.05) is 24.3 Å². The van der Waals surface area contributed by atoms with E-state index in [2.05, 4.69) is 40.9 Å². The lowest BCUT2D eigenvalue weighted by atomic mass is 9.72. The van der Waals surface area contributed by atoms with Crippen molar-refractivity contribution in [1.82, 2.24) is 4.72 Å². The Kier molecular flexibility index (Phi) is 5.80. The van der Waals surface area contributed by atoms with Crippen LogP contribution in [0.4, 0.5) is 15.8 Å². The number of benzene rings is 2. The van der Waals surface area contributed by atoms with E-state index in [-0.39, 0.29) is 22.7 Å². The molecule has 1 saturated heterocycles. The number of nitrogens with zero attached hydrogens (tertiary/aromatic N) is 1. The zero-order chi connectivity index (χ0) is 24.1. The zero-order valence-corrected chi connectivity index (χ0v) is 20.3. The van der Waals surface area contributed by atoms with Crippen LogP contribution < -0.4 is 14.9 Å². The summed E-state index contributed by atoms with van der Waals surface area (Å²) in [6.45, 7) is 7.18. The van der Waals surface area contributed by atoms with Crippen LogP contribution in [0.15, 0.2) is 36.4 Å². The number of fused-ring (bicyclic) bond motifs is 1. The largest absolute Gasteiger partial charge is 0.378 e. The number of carbonyl (C=O) groups is 1. The van der Waals surface area contributed by atoms with E-state index >= 15 is 0 Å². The molecule has 1 aliphatic carbocycles. The van der Waals surface area contributed by atoms with E-state index in [1.807, 2.05) is 12.1 Å². The summed E-state index contributed by atoms with van der Waals surface area (Å²) in [7, 11) is -3.70. The van der Waals surface area contributed by atoms with Crippen LogP contribution in [0, 0.1) is 11.2 Å². The van der Waals surface area contributed by atoms with E-state index in [1.54, 1.807) is 0 Å². The second kappa shape index (κ2) is 8.53. The molecule has 0 spiro atoms. The predicted octanol–water partition coefficient (Wildman–Crippen LogP) is 3.62. The molecule has 7 nitrogen and oxygen atoms in total. The second-order valence-corrected chi connectivity index (χ2v) is 12.0. The Morgan fingerprint density at radius 2 is 1.91 bits per heavy atom. The van der Waals surface area contributed by atoms with Crippen LogP contribution >= 0.6 is 0 Å². The van der Waals surface area contributed by atoms with E-state index < -0.39 is 27.0 Å². The Morgan fingerprint density at radius 1 is 1.18 bits per heavy atom. The molecule has 2 aromatic rings. The van der Waals surface area contributed by atoms with Crippen LogP contribution in [0.5, 0.6) is 0 Å². The minimum Gasteiger partial charge on any atom is -0.378 e. The predicted molar refractivity (Wildman–Crippen MR) is 129 cm³/mol. The van der Waals surface area contributed by atoms with E-state index in [4.69, 9.17) is 4.74 Å². The quantitative estimate of drug-likeness (QED) is 0.670. The van der Waals surface area contributed by atoms with Crippen LogP contribution in [0.25, 0.3) is 0 Å². The van der Waals surface area contributed by atoms with Gasteiger partial charge < -0.3 is 15.0 Å². The first kappa shape index (κ1) is 23.1. The molecule has 2 aromatic carbocycles. The number of rotatable bonds is 5. The lowest BCUT2D eigenvalue weighted by molar-refractivity contribution is 0.0979. The van der Waals surface area contributed by atoms with Crippen LogP contribution in [-0.4, -0.2) is 45.9 Å². The monoisotopic (exact) mass is 487 g/mol. The molecule has 182 valence electrons. The maximum Gasteiger partial charge on any atom is 0.265 e. The molecule has 9 heteroatoms. The summed E-state index contributed by atoms with van der Waals surface area (Å²) in [4.78, 5) is 15.2. The van der Waals surface area contributed by atoms with E-state index in [0.717, 1.165) is 24.3 Å². The fourth-order valence-electron chi connectivity index (χ4n) is 4.97. The molecule has 34 heavy (non-hydrogen) atoms. The van der Waals surface area contributed by atoms with E-state index in [0.29, 0.717) is 38.0 Å². The summed E-state index contributed by atoms with van der Waals surface area (Å²) in [5.41, 5.74) is 2.73. The highest BCUT2D eigenvalue weighted by Crippen LogP contribution is 2.47. The van der Waals surface area contributed by atoms with Gasteiger partial charge in [0.05, 0.1) is 30.2 Å². The number of nitrogens with one attached hydrogen (secondary N) is 2. The fourth-order valence-corrected chi connectivity index (χ4v) is 6.26. The Bertz CT molecular complexity index is 1220. The van der Waals surface area contributed by atoms with Gasteiger partial charge in [-0.25, -0.2) is 17.5 Å². The van der Waals surface area contributed by atoms with Gasteiger partial charge in [0.1, 0.15) is 5.82 Å². The third-order valence-corrected chi connectivity index (χ3v) is 8.81. The van der Waals surface area contributed by atoms with Crippen molar-refractivity contribution in [3.05, 3.63) is 58.9 Å². The number of anilines is 2. The summed E-state index contributed by atoms with van der Waals surface area (Å²) < 4.78 is 47.2. The number of halogens is 1. The molecule has 5 rings (SSSR count). The van der Waals surface area contributed by atoms with Crippen molar-refractivity contribution >= 4 is 27.3 Å². The van der Waals surface area contributed by atoms with Crippen molar-refractivity contribution in [3.8, 4) is 0 Å². The van der Waals surface area contributed by atoms with Crippen molar-refractivity contribution in [2.24, 2.45) is 5.41 Å². The van der Waals surface area contributed by atoms with Gasteiger partial charge >= 0.3 is 0 Å². The Morgan fingerprint density at radius 3 is 2.62 bits per heavy atom. The number of amides is 1. The highest BCUT2D eigenvalue weighted by atomic mass is 32.2. The second-order valence-electron chi connectivity index (χ2n) is 10.1. The molecule has 0 aromatic heterocycles. The highest BCUT2D eigenvalue weighted by Gasteiger charge is 2.41. The number of hydrogen-bond donors (Lipinski definition) is 2. The zero-order valence-electron chi connectivity index (χ0n) is 19.4. The maximum atomic E-state index is 15.0. The van der Waals surface area contributed by atoms with Gasteiger partial charge in [-0.2, -0.15) is 0 Å². The molecular weight excluding hydrogens is 457 g/mol. The average Bonchev–Trinajstić information content (AvgIpc) is 3.65. The molecule has 0 bridgehead atoms. The molecule has 3 aliphatic rings. The van der Waals surface area contributed by atoms with Gasteiger partial charge in [-0.05, 0) is 60.1 Å². The third kappa shape index (κ3) is 4.38. The summed E-state index contributed by atoms with van der Waals surface area (Å²) >= 11 is 0. The van der Waals surface area contributed by atoms with Crippen LogP contribution in [0.1, 0.15) is 54.2 Å². The number of sulfonamides is 1. The first-order valence-corrected chi connectivity index (χ1v) is 13.3. The minimum absolute atomic E-state index is 0.191. The summed E-state index contributed by atoms with van der Waals surface area (Å²) in [6, 6.07) is 10.7. The number of hydrogen-bond acceptors (Lipinski definition) is 6. The van der Waals surface area contributed by atoms with Crippen molar-refractivity contribution < 1.29 is 22.3 Å². The van der Waals surface area contributed by atoms with Crippen molar-refractivity contribution in [2.45, 2.75) is 44.4 Å². The molecule has 2 N–H and O–H groups in total. The van der Waals surface area contributed by atoms with E-state index in [9.17, 15) is 17.6 Å². The Hall–Kier alpha value is -2.65. The number of ether oxygens (including phenoxy) is 1. The lowest BCUT2D eigenvalue weighted by Gasteiger charge is -2.42. The third-order valence-electron chi connectivity index (χ3n) is 6.99. The van der Waals surface area contributed by atoms with Gasteiger partial charge in [0.2, 0.25) is 10.0 Å². The summed E-state index contributed by atoms with van der Waals surface area (Å²) in [6.07, 6.45) is 1.54. The Balaban J connectivity index is 1.46. The topological polar surface area (TPSA) is 87.7 Å². The van der Waals surface area contributed by atoms with Crippen molar-refractivity contribution in [1.29, 1.82) is 0 Å². The Labute approximate surface area is 199 Å². The van der Waals surface area contributed by atoms with Crippen LogP contribution in [-0.2, 0) is 21.2 Å². The number of morpholine rings is 1. The summed E-state index contributed by atoms with van der Waals surface area (Å²) in [5.74, 6) is -1.16. The molecular formula is C25H30FN3O4S. The molecule has 2 fully saturated rings. The molecule has 1 unspecified atom stereocenters. The van der Waals surface area contributed by atoms with Crippen LogP contribution in [0.2, 0.25) is 0 Å². The summed E-state index contributed by atoms with van der Waals surface area (Å²) in [5, 5.41) is 2.84. The lowest BCUT2D eigenvalue weighted by Crippen LogP contribution is -2.39. The normalized spacial score (nSPS) is 22.0. The van der Waals surface area contributed by atoms with Gasteiger partial charge in [-0.15, -0.1) is 0 Å². The average molecular weight is 488 g/mol. The molecule has 1 saturated carbocycles. The molecule has 1 amide bonds. The van der Waals surface area contributed by atoms with Crippen molar-refractivity contribution in [2.75, 3.05) is 36.5 Å². The SMILES string of the molecule is CC1(C)Cc2c(C(=O)NS(=O)(=O)C3CC3)ccc(F)c2NC1c1cccc(N2CCOCC2)c1. The standard InChI is InChI=1S/C25H30FN3O4S/c1-25(2)15-20-19(24(30)28-34(31,32)18-6-7-18)8-9-21(26)22(20)27-23(25)16-4-3-5-17(14-16)29-10-12-33-13-11-29/h3-5,8-9,14,18,23,27H,6-7,10-13,15H2,1-2H3,(H,28,30). The van der Waals surface area contributed by atoms with Gasteiger partial charge in [-0.3, -0.25) is 4.79 Å². The van der Waals surface area contributed by atoms with Gasteiger partial charge in [0.25, 0.3) is 5.91 Å². The van der Waals surface area contributed by atoms with Crippen LogP contribution in [0.3, 0.4) is 0 Å².